The van der Waals surface area contributed by atoms with Gasteiger partial charge < -0.3 is 20.2 Å². The van der Waals surface area contributed by atoms with Crippen LogP contribution < -0.4 is 15.2 Å². The summed E-state index contributed by atoms with van der Waals surface area (Å²) in [5.74, 6) is 2.57. The van der Waals surface area contributed by atoms with Crippen LogP contribution in [0, 0.1) is 6.92 Å². The van der Waals surface area contributed by atoms with Crippen molar-refractivity contribution in [2.75, 3.05) is 13.7 Å². The van der Waals surface area contributed by atoms with Crippen LogP contribution >= 0.6 is 0 Å². The highest BCUT2D eigenvalue weighted by molar-refractivity contribution is 5.93. The molecule has 0 saturated heterocycles. The summed E-state index contributed by atoms with van der Waals surface area (Å²) < 4.78 is 11.8. The smallest absolute Gasteiger partial charge is 0.131 e. The normalized spacial score (nSPS) is 11.0. The Labute approximate surface area is 177 Å². The Morgan fingerprint density at radius 3 is 2.50 bits per heavy atom. The highest BCUT2D eigenvalue weighted by Gasteiger charge is 2.18. The van der Waals surface area contributed by atoms with E-state index in [-0.39, 0.29) is 0 Å². The summed E-state index contributed by atoms with van der Waals surface area (Å²) in [4.78, 5) is 3.63. The minimum absolute atomic E-state index is 0.702. The first kappa shape index (κ1) is 20.0. The maximum Gasteiger partial charge on any atom is 0.131 e. The highest BCUT2D eigenvalue weighted by atomic mass is 16.5. The van der Waals surface area contributed by atoms with Gasteiger partial charge in [-0.1, -0.05) is 30.3 Å². The highest BCUT2D eigenvalue weighted by Crippen LogP contribution is 2.39. The third-order valence-electron chi connectivity index (χ3n) is 5.42. The number of hydrogen-bond acceptors (Lipinski definition) is 3. The number of methoxy groups -OCH3 is 1. The quantitative estimate of drug-likeness (QED) is 0.345. The molecule has 0 unspecified atom stereocenters. The largest absolute Gasteiger partial charge is 0.496 e. The second-order valence-corrected chi connectivity index (χ2v) is 7.50. The molecular formula is C26H28N2O2. The van der Waals surface area contributed by atoms with Crippen molar-refractivity contribution in [1.29, 1.82) is 0 Å². The molecule has 0 spiro atoms. The standard InChI is InChI=1S/C26H28N2O2/c1-18-9-8-13-22(26(18)29-2)25-21(12-6-7-16-27)23-17-20(14-15-24(23)28-25)30-19-10-4-3-5-11-19/h3-5,8-11,13-15,17,28H,6-7,12,16,27H2,1-2H3. The number of fused-ring (bicyclic) bond motifs is 1. The number of hydrogen-bond donors (Lipinski definition) is 2. The van der Waals surface area contributed by atoms with Crippen molar-refractivity contribution >= 4 is 10.9 Å². The molecule has 4 aromatic rings. The van der Waals surface area contributed by atoms with Crippen LogP contribution in [-0.4, -0.2) is 18.6 Å². The van der Waals surface area contributed by atoms with Gasteiger partial charge in [-0.15, -0.1) is 0 Å². The molecule has 0 aliphatic rings. The molecule has 0 aliphatic heterocycles. The van der Waals surface area contributed by atoms with Crippen LogP contribution in [0.2, 0.25) is 0 Å². The van der Waals surface area contributed by atoms with E-state index < -0.39 is 0 Å². The van der Waals surface area contributed by atoms with Crippen molar-refractivity contribution in [1.82, 2.24) is 4.98 Å². The fourth-order valence-electron chi connectivity index (χ4n) is 3.97. The average molecular weight is 401 g/mol. The molecule has 1 heterocycles. The van der Waals surface area contributed by atoms with Crippen molar-refractivity contribution in [2.24, 2.45) is 5.73 Å². The van der Waals surface area contributed by atoms with Gasteiger partial charge in [0.1, 0.15) is 17.2 Å². The molecule has 154 valence electrons. The SMILES string of the molecule is COc1c(C)cccc1-c1[nH]c2ccc(Oc3ccccc3)cc2c1CCCCN. The predicted molar refractivity (Wildman–Crippen MR) is 124 cm³/mol. The number of nitrogens with two attached hydrogens (primary N) is 1. The molecule has 0 aliphatic carbocycles. The lowest BCUT2D eigenvalue weighted by atomic mass is 9.98. The molecule has 3 N–H and O–H groups in total. The second-order valence-electron chi connectivity index (χ2n) is 7.50. The Morgan fingerprint density at radius 1 is 0.900 bits per heavy atom. The Kier molecular flexibility index (Phi) is 6.05. The summed E-state index contributed by atoms with van der Waals surface area (Å²) in [6.45, 7) is 2.78. The Hall–Kier alpha value is -3.24. The summed E-state index contributed by atoms with van der Waals surface area (Å²) in [6.07, 6.45) is 2.98. The molecule has 0 bridgehead atoms. The van der Waals surface area contributed by atoms with Crippen LogP contribution in [0.15, 0.2) is 66.7 Å². The summed E-state index contributed by atoms with van der Waals surface area (Å²) in [5, 5.41) is 1.18. The van der Waals surface area contributed by atoms with Crippen molar-refractivity contribution in [3.8, 4) is 28.5 Å². The molecule has 1 aromatic heterocycles. The topological polar surface area (TPSA) is 60.3 Å². The maximum atomic E-state index is 6.09. The van der Waals surface area contributed by atoms with Crippen LogP contribution in [-0.2, 0) is 6.42 Å². The van der Waals surface area contributed by atoms with E-state index >= 15 is 0 Å². The average Bonchev–Trinajstić information content (AvgIpc) is 3.12. The molecule has 0 atom stereocenters. The number of ether oxygens (including phenoxy) is 2. The lowest BCUT2D eigenvalue weighted by Crippen LogP contribution is -2.00. The molecule has 0 fully saturated rings. The molecule has 0 radical (unpaired) electrons. The van der Waals surface area contributed by atoms with Gasteiger partial charge >= 0.3 is 0 Å². The van der Waals surface area contributed by atoms with Gasteiger partial charge in [0.2, 0.25) is 0 Å². The summed E-state index contributed by atoms with van der Waals surface area (Å²) in [6, 6.07) is 22.4. The first-order chi connectivity index (χ1) is 14.7. The van der Waals surface area contributed by atoms with E-state index in [9.17, 15) is 0 Å². The Morgan fingerprint density at radius 2 is 1.73 bits per heavy atom. The van der Waals surface area contributed by atoms with E-state index in [2.05, 4.69) is 42.2 Å². The molecule has 4 nitrogen and oxygen atoms in total. The van der Waals surface area contributed by atoms with Gasteiger partial charge in [-0.3, -0.25) is 0 Å². The second kappa shape index (κ2) is 9.06. The van der Waals surface area contributed by atoms with Crippen molar-refractivity contribution in [2.45, 2.75) is 26.2 Å². The first-order valence-corrected chi connectivity index (χ1v) is 10.4. The van der Waals surface area contributed by atoms with Crippen molar-refractivity contribution < 1.29 is 9.47 Å². The van der Waals surface area contributed by atoms with Crippen LogP contribution in [0.25, 0.3) is 22.2 Å². The number of para-hydroxylation sites is 2. The van der Waals surface area contributed by atoms with Gasteiger partial charge in [0.25, 0.3) is 0 Å². The van der Waals surface area contributed by atoms with E-state index in [1.54, 1.807) is 7.11 Å². The van der Waals surface area contributed by atoms with E-state index in [0.717, 1.165) is 58.8 Å². The van der Waals surface area contributed by atoms with Crippen LogP contribution in [0.5, 0.6) is 17.2 Å². The first-order valence-electron chi connectivity index (χ1n) is 10.4. The van der Waals surface area contributed by atoms with Gasteiger partial charge in [0, 0.05) is 16.5 Å². The van der Waals surface area contributed by atoms with Gasteiger partial charge in [-0.2, -0.15) is 0 Å². The molecular weight excluding hydrogens is 372 g/mol. The van der Waals surface area contributed by atoms with E-state index in [1.165, 1.54) is 10.9 Å². The lowest BCUT2D eigenvalue weighted by molar-refractivity contribution is 0.413. The van der Waals surface area contributed by atoms with Crippen molar-refractivity contribution in [3.63, 3.8) is 0 Å². The zero-order valence-electron chi connectivity index (χ0n) is 17.6. The summed E-state index contributed by atoms with van der Waals surface area (Å²) in [5.41, 5.74) is 11.4. The minimum atomic E-state index is 0.702. The number of benzene rings is 3. The fraction of sp³-hybridized carbons (Fsp3) is 0.231. The number of aryl methyl sites for hydroxylation is 2. The summed E-state index contributed by atoms with van der Waals surface area (Å²) >= 11 is 0. The Balaban J connectivity index is 1.82. The predicted octanol–water partition coefficient (Wildman–Crippen LogP) is 6.23. The number of unbranched alkanes of at least 4 members (excludes halogenated alkanes) is 1. The number of rotatable bonds is 8. The van der Waals surface area contributed by atoms with Crippen LogP contribution in [0.3, 0.4) is 0 Å². The van der Waals surface area contributed by atoms with E-state index in [4.69, 9.17) is 15.2 Å². The molecule has 4 heteroatoms. The van der Waals surface area contributed by atoms with Gasteiger partial charge in [-0.25, -0.2) is 0 Å². The number of aromatic nitrogens is 1. The Bertz CT molecular complexity index is 1130. The fourth-order valence-corrected chi connectivity index (χ4v) is 3.97. The van der Waals surface area contributed by atoms with Crippen molar-refractivity contribution in [3.05, 3.63) is 77.9 Å². The van der Waals surface area contributed by atoms with Crippen LogP contribution in [0.1, 0.15) is 24.0 Å². The molecule has 4 rings (SSSR count). The molecule has 0 amide bonds. The third kappa shape index (κ3) is 4.05. The number of aromatic amines is 1. The van der Waals surface area contributed by atoms with Gasteiger partial charge in [0.05, 0.1) is 12.8 Å². The number of H-pyrrole nitrogens is 1. The van der Waals surface area contributed by atoms with Crippen LogP contribution in [0.4, 0.5) is 0 Å². The maximum absolute atomic E-state index is 6.09. The molecule has 3 aromatic carbocycles. The summed E-state index contributed by atoms with van der Waals surface area (Å²) in [7, 11) is 1.73. The zero-order valence-corrected chi connectivity index (χ0v) is 17.6. The minimum Gasteiger partial charge on any atom is -0.496 e. The van der Waals surface area contributed by atoms with Gasteiger partial charge in [-0.05, 0) is 80.3 Å². The number of nitrogens with one attached hydrogen (secondary N) is 1. The van der Waals surface area contributed by atoms with Gasteiger partial charge in [0.15, 0.2) is 0 Å². The monoisotopic (exact) mass is 400 g/mol. The zero-order chi connectivity index (χ0) is 20.9. The lowest BCUT2D eigenvalue weighted by Gasteiger charge is -2.12. The van der Waals surface area contributed by atoms with E-state index in [1.807, 2.05) is 36.4 Å². The molecule has 0 saturated carbocycles. The van der Waals surface area contributed by atoms with E-state index in [0.29, 0.717) is 6.54 Å². The molecule has 30 heavy (non-hydrogen) atoms. The third-order valence-corrected chi connectivity index (χ3v) is 5.42.